The van der Waals surface area contributed by atoms with Gasteiger partial charge >= 0.3 is 0 Å². The molecule has 1 unspecified atom stereocenters. The van der Waals surface area contributed by atoms with E-state index in [2.05, 4.69) is 10.6 Å². The number of benzene rings is 1. The average molecular weight is 397 g/mol. The maximum atomic E-state index is 12.5. The molecule has 1 aromatic carbocycles. The number of thiophene rings is 1. The molecule has 2 aromatic rings. The maximum Gasteiger partial charge on any atom is 0.253 e. The van der Waals surface area contributed by atoms with Crippen molar-refractivity contribution in [1.82, 2.24) is 10.6 Å². The molecule has 134 valence electrons. The third kappa shape index (κ3) is 6.06. The first-order valence-corrected chi connectivity index (χ1v) is 10.5. The van der Waals surface area contributed by atoms with Crippen LogP contribution in [-0.4, -0.2) is 29.9 Å². The summed E-state index contributed by atoms with van der Waals surface area (Å²) in [5, 5.41) is 6.09. The largest absolute Gasteiger partial charge is 0.349 e. The molecule has 0 saturated heterocycles. The summed E-state index contributed by atoms with van der Waals surface area (Å²) in [6.07, 6.45) is 2.53. The summed E-state index contributed by atoms with van der Waals surface area (Å²) in [4.78, 5) is 27.3. The number of nitrogens with one attached hydrogen (secondary N) is 2. The Morgan fingerprint density at radius 3 is 2.64 bits per heavy atom. The number of carbonyl (C=O) groups is 2. The molecule has 4 nitrogen and oxygen atoms in total. The second-order valence-corrected chi connectivity index (χ2v) is 8.28. The summed E-state index contributed by atoms with van der Waals surface area (Å²) in [6.45, 7) is 2.50. The lowest BCUT2D eigenvalue weighted by Gasteiger charge is -2.18. The highest BCUT2D eigenvalue weighted by molar-refractivity contribution is 7.98. The Balaban J connectivity index is 2.00. The van der Waals surface area contributed by atoms with Gasteiger partial charge in [0.25, 0.3) is 5.91 Å². The molecule has 0 spiro atoms. The van der Waals surface area contributed by atoms with E-state index in [1.807, 2.05) is 25.3 Å². The highest BCUT2D eigenvalue weighted by Gasteiger charge is 2.22. The Hall–Kier alpha value is -1.50. The predicted octanol–water partition coefficient (Wildman–Crippen LogP) is 3.88. The minimum Gasteiger partial charge on any atom is -0.349 e. The fourth-order valence-electron chi connectivity index (χ4n) is 2.26. The standard InChI is InChI=1S/C18H21ClN2O2S2/c1-12-7-8-13(25-12)11-20-18(23)16(9-10-24-2)21-17(22)14-5-3-4-6-15(14)19/h3-8,16H,9-11H2,1-2H3,(H,20,23)(H,21,22). The Morgan fingerprint density at radius 1 is 1.24 bits per heavy atom. The van der Waals surface area contributed by atoms with Crippen molar-refractivity contribution < 1.29 is 9.59 Å². The summed E-state index contributed by atoms with van der Waals surface area (Å²) in [5.41, 5.74) is 0.375. The molecule has 2 rings (SSSR count). The minimum absolute atomic E-state index is 0.180. The number of thioether (sulfide) groups is 1. The highest BCUT2D eigenvalue weighted by atomic mass is 35.5. The molecule has 0 aliphatic heterocycles. The number of amides is 2. The van der Waals surface area contributed by atoms with Crippen LogP contribution in [0.25, 0.3) is 0 Å². The lowest BCUT2D eigenvalue weighted by molar-refractivity contribution is -0.123. The summed E-state index contributed by atoms with van der Waals surface area (Å²) in [5.74, 6) is 0.262. The van der Waals surface area contributed by atoms with Crippen LogP contribution in [0.15, 0.2) is 36.4 Å². The van der Waals surface area contributed by atoms with Crippen LogP contribution >= 0.6 is 34.7 Å². The van der Waals surface area contributed by atoms with Crippen LogP contribution in [0.5, 0.6) is 0 Å². The van der Waals surface area contributed by atoms with Crippen molar-refractivity contribution in [3.05, 3.63) is 56.7 Å². The minimum atomic E-state index is -0.586. The maximum absolute atomic E-state index is 12.5. The van der Waals surface area contributed by atoms with Crippen LogP contribution in [-0.2, 0) is 11.3 Å². The van der Waals surface area contributed by atoms with Crippen molar-refractivity contribution in [2.24, 2.45) is 0 Å². The Labute approximate surface area is 161 Å². The molecule has 0 aliphatic carbocycles. The van der Waals surface area contributed by atoms with E-state index in [4.69, 9.17) is 11.6 Å². The lowest BCUT2D eigenvalue weighted by Crippen LogP contribution is -2.46. The zero-order valence-electron chi connectivity index (χ0n) is 14.2. The second-order valence-electron chi connectivity index (χ2n) is 5.52. The van der Waals surface area contributed by atoms with E-state index in [1.165, 1.54) is 4.88 Å². The fourth-order valence-corrected chi connectivity index (χ4v) is 3.79. The Bertz CT molecular complexity index is 733. The van der Waals surface area contributed by atoms with E-state index < -0.39 is 6.04 Å². The van der Waals surface area contributed by atoms with Crippen LogP contribution in [0.4, 0.5) is 0 Å². The summed E-state index contributed by atoms with van der Waals surface area (Å²) in [7, 11) is 0. The van der Waals surface area contributed by atoms with Crippen molar-refractivity contribution in [2.45, 2.75) is 25.9 Å². The van der Waals surface area contributed by atoms with E-state index >= 15 is 0 Å². The molecule has 0 aliphatic rings. The van der Waals surface area contributed by atoms with Gasteiger partial charge in [0, 0.05) is 9.75 Å². The van der Waals surface area contributed by atoms with Crippen LogP contribution in [0.1, 0.15) is 26.5 Å². The van der Waals surface area contributed by atoms with Gasteiger partial charge in [-0.15, -0.1) is 11.3 Å². The van der Waals surface area contributed by atoms with Crippen molar-refractivity contribution in [3.63, 3.8) is 0 Å². The van der Waals surface area contributed by atoms with Crippen LogP contribution in [0.2, 0.25) is 5.02 Å². The third-order valence-electron chi connectivity index (χ3n) is 3.58. The number of rotatable bonds is 8. The molecule has 1 atom stereocenters. The monoisotopic (exact) mass is 396 g/mol. The highest BCUT2D eigenvalue weighted by Crippen LogP contribution is 2.16. The Kier molecular flexibility index (Phi) is 7.81. The van der Waals surface area contributed by atoms with Crippen molar-refractivity contribution >= 4 is 46.5 Å². The lowest BCUT2D eigenvalue weighted by atomic mass is 10.1. The van der Waals surface area contributed by atoms with E-state index in [9.17, 15) is 9.59 Å². The molecule has 2 amide bonds. The molecule has 0 fully saturated rings. The number of carbonyl (C=O) groups excluding carboxylic acids is 2. The molecule has 0 bridgehead atoms. The van der Waals surface area contributed by atoms with Gasteiger partial charge < -0.3 is 10.6 Å². The van der Waals surface area contributed by atoms with Gasteiger partial charge in [0.15, 0.2) is 0 Å². The molecule has 2 N–H and O–H groups in total. The fraction of sp³-hybridized carbons (Fsp3) is 0.333. The Morgan fingerprint density at radius 2 is 2.00 bits per heavy atom. The average Bonchev–Trinajstić information content (AvgIpc) is 3.02. The molecule has 7 heteroatoms. The zero-order valence-corrected chi connectivity index (χ0v) is 16.6. The van der Waals surface area contributed by atoms with Gasteiger partial charge in [-0.05, 0) is 49.6 Å². The number of hydrogen-bond acceptors (Lipinski definition) is 4. The quantitative estimate of drug-likeness (QED) is 0.711. The zero-order chi connectivity index (χ0) is 18.2. The van der Waals surface area contributed by atoms with Gasteiger partial charge in [0.1, 0.15) is 6.04 Å². The number of aryl methyl sites for hydroxylation is 1. The van der Waals surface area contributed by atoms with E-state index in [0.717, 1.165) is 10.6 Å². The van der Waals surface area contributed by atoms with Gasteiger partial charge in [-0.3, -0.25) is 9.59 Å². The van der Waals surface area contributed by atoms with Gasteiger partial charge in [-0.25, -0.2) is 0 Å². The normalized spacial score (nSPS) is 11.8. The summed E-state index contributed by atoms with van der Waals surface area (Å²) in [6, 6.07) is 10.3. The van der Waals surface area contributed by atoms with Crippen molar-refractivity contribution in [3.8, 4) is 0 Å². The van der Waals surface area contributed by atoms with Gasteiger partial charge in [-0.2, -0.15) is 11.8 Å². The van der Waals surface area contributed by atoms with Crippen molar-refractivity contribution in [2.75, 3.05) is 12.0 Å². The second kappa shape index (κ2) is 9.85. The molecular formula is C18H21ClN2O2S2. The van der Waals surface area contributed by atoms with Crippen LogP contribution < -0.4 is 10.6 Å². The SMILES string of the molecule is CSCCC(NC(=O)c1ccccc1Cl)C(=O)NCc1ccc(C)s1. The third-order valence-corrected chi connectivity index (χ3v) is 5.56. The molecule has 1 aromatic heterocycles. The summed E-state index contributed by atoms with van der Waals surface area (Å²) >= 11 is 9.35. The smallest absolute Gasteiger partial charge is 0.253 e. The molecule has 0 radical (unpaired) electrons. The first-order chi connectivity index (χ1) is 12.0. The summed E-state index contributed by atoms with van der Waals surface area (Å²) < 4.78 is 0. The topological polar surface area (TPSA) is 58.2 Å². The van der Waals surface area contributed by atoms with Gasteiger partial charge in [-0.1, -0.05) is 23.7 Å². The molecule has 0 saturated carbocycles. The van der Waals surface area contributed by atoms with Crippen molar-refractivity contribution in [1.29, 1.82) is 0 Å². The van der Waals surface area contributed by atoms with Gasteiger partial charge in [0.2, 0.25) is 5.91 Å². The van der Waals surface area contributed by atoms with E-state index in [1.54, 1.807) is 47.4 Å². The van der Waals surface area contributed by atoms with Crippen LogP contribution in [0.3, 0.4) is 0 Å². The van der Waals surface area contributed by atoms with E-state index in [-0.39, 0.29) is 11.8 Å². The van der Waals surface area contributed by atoms with Gasteiger partial charge in [0.05, 0.1) is 17.1 Å². The van der Waals surface area contributed by atoms with Crippen LogP contribution in [0, 0.1) is 6.92 Å². The first-order valence-electron chi connectivity index (χ1n) is 7.88. The first kappa shape index (κ1) is 19.8. The molecule has 25 heavy (non-hydrogen) atoms. The predicted molar refractivity (Wildman–Crippen MR) is 107 cm³/mol. The molecular weight excluding hydrogens is 376 g/mol. The number of hydrogen-bond donors (Lipinski definition) is 2. The van der Waals surface area contributed by atoms with E-state index in [0.29, 0.717) is 23.6 Å². The molecule has 1 heterocycles. The number of halogens is 1.